The van der Waals surface area contributed by atoms with Crippen LogP contribution in [0.1, 0.15) is 23.1 Å². The van der Waals surface area contributed by atoms with Gasteiger partial charge >= 0.3 is 0 Å². The highest BCUT2D eigenvalue weighted by atomic mass is 19.3. The van der Waals surface area contributed by atoms with E-state index in [1.807, 2.05) is 0 Å². The molecule has 0 aliphatic heterocycles. The molecular weight excluding hydrogens is 267 g/mol. The van der Waals surface area contributed by atoms with Crippen LogP contribution in [0.3, 0.4) is 0 Å². The zero-order valence-corrected chi connectivity index (χ0v) is 10.4. The van der Waals surface area contributed by atoms with Gasteiger partial charge in [0.05, 0.1) is 0 Å². The van der Waals surface area contributed by atoms with Gasteiger partial charge in [-0.1, -0.05) is 35.5 Å². The number of rotatable bonds is 5. The van der Waals surface area contributed by atoms with Crippen molar-refractivity contribution in [3.8, 4) is 0 Å². The molecule has 103 valence electrons. The summed E-state index contributed by atoms with van der Waals surface area (Å²) in [5.41, 5.74) is 0.656. The van der Waals surface area contributed by atoms with E-state index in [0.717, 1.165) is 0 Å². The first-order chi connectivity index (χ1) is 9.66. The molecule has 2 aromatic carbocycles. The Kier molecular flexibility index (Phi) is 4.76. The molecule has 0 aromatic heterocycles. The van der Waals surface area contributed by atoms with Crippen molar-refractivity contribution in [2.24, 2.45) is 5.16 Å². The van der Waals surface area contributed by atoms with Crippen LogP contribution in [0.2, 0.25) is 0 Å². The van der Waals surface area contributed by atoms with Crippen LogP contribution in [0.25, 0.3) is 0 Å². The molecule has 0 spiro atoms. The molecule has 0 saturated heterocycles. The van der Waals surface area contributed by atoms with Gasteiger partial charge in [0.25, 0.3) is 6.43 Å². The molecule has 0 saturated carbocycles. The Labute approximate surface area is 114 Å². The van der Waals surface area contributed by atoms with Crippen LogP contribution in [0.4, 0.5) is 13.2 Å². The van der Waals surface area contributed by atoms with Crippen molar-refractivity contribution in [3.63, 3.8) is 0 Å². The second kappa shape index (κ2) is 6.75. The molecule has 0 heterocycles. The van der Waals surface area contributed by atoms with Crippen molar-refractivity contribution in [1.29, 1.82) is 0 Å². The second-order valence-corrected chi connectivity index (χ2v) is 4.00. The van der Waals surface area contributed by atoms with Crippen LogP contribution in [0, 0.1) is 5.82 Å². The third-order valence-electron chi connectivity index (χ3n) is 2.54. The van der Waals surface area contributed by atoms with Gasteiger partial charge in [0.2, 0.25) is 0 Å². The number of hydrogen-bond acceptors (Lipinski definition) is 2. The highest BCUT2D eigenvalue weighted by Crippen LogP contribution is 2.19. The topological polar surface area (TPSA) is 21.6 Å². The maximum Gasteiger partial charge on any atom is 0.263 e. The van der Waals surface area contributed by atoms with E-state index in [9.17, 15) is 13.2 Å². The molecule has 1 radical (unpaired) electrons. The standard InChI is InChI=1S/C15H11F3NO/c16-14-7-2-1-5-13(14)9-19-20-10-11-4-3-6-12(8-11)15(17)18/h1-8,15H,10H2. The molecule has 2 aromatic rings. The molecule has 2 rings (SSSR count). The summed E-state index contributed by atoms with van der Waals surface area (Å²) in [7, 11) is 0. The minimum atomic E-state index is -2.52. The van der Waals surface area contributed by atoms with E-state index in [4.69, 9.17) is 4.84 Å². The van der Waals surface area contributed by atoms with E-state index in [2.05, 4.69) is 11.4 Å². The fraction of sp³-hybridized carbons (Fsp3) is 0.133. The minimum absolute atomic E-state index is 0.0159. The second-order valence-electron chi connectivity index (χ2n) is 4.00. The Morgan fingerprint density at radius 2 is 1.90 bits per heavy atom. The van der Waals surface area contributed by atoms with Gasteiger partial charge in [-0.05, 0) is 23.8 Å². The number of benzene rings is 2. The Bertz CT molecular complexity index is 599. The van der Waals surface area contributed by atoms with Crippen LogP contribution in [-0.4, -0.2) is 6.21 Å². The fourth-order valence-electron chi connectivity index (χ4n) is 1.56. The van der Waals surface area contributed by atoms with Gasteiger partial charge < -0.3 is 4.84 Å². The van der Waals surface area contributed by atoms with Crippen molar-refractivity contribution in [3.05, 3.63) is 71.0 Å². The lowest BCUT2D eigenvalue weighted by atomic mass is 10.1. The number of nitrogens with zero attached hydrogens (tertiary/aromatic N) is 1. The molecule has 0 aliphatic carbocycles. The van der Waals surface area contributed by atoms with E-state index < -0.39 is 12.2 Å². The predicted molar refractivity (Wildman–Crippen MR) is 69.1 cm³/mol. The fourth-order valence-corrected chi connectivity index (χ4v) is 1.56. The molecule has 0 fully saturated rings. The summed E-state index contributed by atoms with van der Waals surface area (Å²) >= 11 is 0. The highest BCUT2D eigenvalue weighted by molar-refractivity contribution is 5.79. The molecule has 0 bridgehead atoms. The van der Waals surface area contributed by atoms with Crippen molar-refractivity contribution >= 4 is 6.21 Å². The van der Waals surface area contributed by atoms with Crippen molar-refractivity contribution in [2.45, 2.75) is 13.0 Å². The summed E-state index contributed by atoms with van der Waals surface area (Å²) < 4.78 is 38.2. The lowest BCUT2D eigenvalue weighted by molar-refractivity contribution is 0.130. The lowest BCUT2D eigenvalue weighted by Gasteiger charge is -2.03. The van der Waals surface area contributed by atoms with E-state index in [1.165, 1.54) is 30.3 Å². The number of alkyl halides is 2. The molecular formula is C15H11F3NO. The largest absolute Gasteiger partial charge is 0.390 e. The summed E-state index contributed by atoms with van der Waals surface area (Å²) in [4.78, 5) is 4.92. The maximum absolute atomic E-state index is 13.2. The van der Waals surface area contributed by atoms with E-state index in [0.29, 0.717) is 5.56 Å². The smallest absolute Gasteiger partial charge is 0.263 e. The van der Waals surface area contributed by atoms with Crippen LogP contribution in [0.15, 0.2) is 53.7 Å². The molecule has 0 amide bonds. The van der Waals surface area contributed by atoms with Gasteiger partial charge in [0.15, 0.2) is 0 Å². The Morgan fingerprint density at radius 1 is 1.10 bits per heavy atom. The molecule has 2 nitrogen and oxygen atoms in total. The summed E-state index contributed by atoms with van der Waals surface area (Å²) in [6.45, 7) is 0.0159. The molecule has 0 N–H and O–H groups in total. The average molecular weight is 278 g/mol. The maximum atomic E-state index is 13.2. The summed E-state index contributed by atoms with van der Waals surface area (Å²) in [6.07, 6.45) is -0.124. The van der Waals surface area contributed by atoms with Crippen molar-refractivity contribution in [1.82, 2.24) is 0 Å². The quantitative estimate of drug-likeness (QED) is 0.593. The van der Waals surface area contributed by atoms with E-state index >= 15 is 0 Å². The van der Waals surface area contributed by atoms with Gasteiger partial charge in [0, 0.05) is 11.1 Å². The number of hydrogen-bond donors (Lipinski definition) is 0. The SMILES string of the molecule is Fc1ccccc1/[C]=N\OCc1cccc(C(F)F)c1. The first-order valence-electron chi connectivity index (χ1n) is 5.86. The van der Waals surface area contributed by atoms with Gasteiger partial charge in [-0.2, -0.15) is 0 Å². The average Bonchev–Trinajstić information content (AvgIpc) is 2.45. The van der Waals surface area contributed by atoms with Crippen LogP contribution in [0.5, 0.6) is 0 Å². The van der Waals surface area contributed by atoms with Crippen molar-refractivity contribution in [2.75, 3.05) is 0 Å². The molecule has 0 unspecified atom stereocenters. The summed E-state index contributed by atoms with van der Waals surface area (Å²) in [6, 6.07) is 11.8. The number of halogens is 3. The van der Waals surface area contributed by atoms with Gasteiger partial charge in [-0.25, -0.2) is 13.2 Å². The highest BCUT2D eigenvalue weighted by Gasteiger charge is 2.06. The zero-order chi connectivity index (χ0) is 14.4. The Balaban J connectivity index is 1.93. The summed E-state index contributed by atoms with van der Waals surface area (Å²) in [5.74, 6) is -0.459. The summed E-state index contributed by atoms with van der Waals surface area (Å²) in [5, 5.41) is 3.49. The van der Waals surface area contributed by atoms with E-state index in [1.54, 1.807) is 18.2 Å². The lowest BCUT2D eigenvalue weighted by Crippen LogP contribution is -1.92. The third kappa shape index (κ3) is 3.85. The molecule has 0 atom stereocenters. The monoisotopic (exact) mass is 278 g/mol. The normalized spacial score (nSPS) is 11.2. The zero-order valence-electron chi connectivity index (χ0n) is 10.4. The van der Waals surface area contributed by atoms with Crippen LogP contribution >= 0.6 is 0 Å². The molecule has 20 heavy (non-hydrogen) atoms. The molecule has 0 aliphatic rings. The van der Waals surface area contributed by atoms with Gasteiger partial charge in [-0.15, -0.1) is 0 Å². The minimum Gasteiger partial charge on any atom is -0.390 e. The molecule has 5 heteroatoms. The van der Waals surface area contributed by atoms with Gasteiger partial charge in [-0.3, -0.25) is 0 Å². The van der Waals surface area contributed by atoms with Crippen LogP contribution in [-0.2, 0) is 11.4 Å². The van der Waals surface area contributed by atoms with Gasteiger partial charge in [0.1, 0.15) is 18.6 Å². The first kappa shape index (κ1) is 14.1. The van der Waals surface area contributed by atoms with Crippen LogP contribution < -0.4 is 0 Å². The van der Waals surface area contributed by atoms with E-state index in [-0.39, 0.29) is 17.7 Å². The third-order valence-corrected chi connectivity index (χ3v) is 2.54. The Hall–Kier alpha value is -2.30. The first-order valence-corrected chi connectivity index (χ1v) is 5.86. The predicted octanol–water partition coefficient (Wildman–Crippen LogP) is 4.19. The Morgan fingerprint density at radius 3 is 2.65 bits per heavy atom. The van der Waals surface area contributed by atoms with Crippen molar-refractivity contribution < 1.29 is 18.0 Å².